The smallest absolute Gasteiger partial charge is 0.154 e. The summed E-state index contributed by atoms with van der Waals surface area (Å²) in [6.45, 7) is 4.18. The van der Waals surface area contributed by atoms with Crippen LogP contribution in [0.5, 0.6) is 0 Å². The number of halogens is 1. The zero-order valence-electron chi connectivity index (χ0n) is 10.8. The molecule has 1 unspecified atom stereocenters. The van der Waals surface area contributed by atoms with Gasteiger partial charge < -0.3 is 4.84 Å². The van der Waals surface area contributed by atoms with Gasteiger partial charge in [0.15, 0.2) is 5.60 Å². The Labute approximate surface area is 118 Å². The third-order valence-corrected chi connectivity index (χ3v) is 4.64. The maximum absolute atomic E-state index is 5.87. The van der Waals surface area contributed by atoms with Crippen LogP contribution in [0.1, 0.15) is 31.4 Å². The Morgan fingerprint density at radius 2 is 2.11 bits per heavy atom. The summed E-state index contributed by atoms with van der Waals surface area (Å²) in [5.74, 6) is 1.43. The topological polar surface area (TPSA) is 21.6 Å². The molecule has 0 aromatic heterocycles. The van der Waals surface area contributed by atoms with Gasteiger partial charge in [0.25, 0.3) is 0 Å². The highest BCUT2D eigenvalue weighted by molar-refractivity contribution is 8.13. The van der Waals surface area contributed by atoms with Gasteiger partial charge in [0.2, 0.25) is 0 Å². The average molecular weight is 284 g/mol. The van der Waals surface area contributed by atoms with Crippen LogP contribution in [0.15, 0.2) is 29.4 Å². The largest absolute Gasteiger partial charge is 0.387 e. The highest BCUT2D eigenvalue weighted by atomic mass is 35.5. The highest BCUT2D eigenvalue weighted by Crippen LogP contribution is 2.31. The van der Waals surface area contributed by atoms with E-state index in [1.165, 1.54) is 11.1 Å². The second kappa shape index (κ2) is 5.98. The van der Waals surface area contributed by atoms with Crippen molar-refractivity contribution in [2.24, 2.45) is 5.16 Å². The van der Waals surface area contributed by atoms with Gasteiger partial charge in [0, 0.05) is 12.2 Å². The zero-order chi connectivity index (χ0) is 13.0. The van der Waals surface area contributed by atoms with Crippen molar-refractivity contribution in [1.29, 1.82) is 0 Å². The van der Waals surface area contributed by atoms with Gasteiger partial charge in [-0.05, 0) is 24.5 Å². The van der Waals surface area contributed by atoms with Crippen molar-refractivity contribution in [3.05, 3.63) is 35.4 Å². The fourth-order valence-electron chi connectivity index (χ4n) is 1.90. The molecule has 0 N–H and O–H groups in total. The summed E-state index contributed by atoms with van der Waals surface area (Å²) < 4.78 is 0. The third-order valence-electron chi connectivity index (χ3n) is 3.07. The average Bonchev–Trinajstić information content (AvgIpc) is 2.79. The molecule has 1 aromatic rings. The number of aryl methyl sites for hydroxylation is 1. The summed E-state index contributed by atoms with van der Waals surface area (Å²) >= 11 is 7.62. The molecule has 1 atom stereocenters. The Balaban J connectivity index is 1.93. The first kappa shape index (κ1) is 13.8. The lowest BCUT2D eigenvalue weighted by atomic mass is 10.1. The molecule has 0 aliphatic carbocycles. The molecule has 98 valence electrons. The molecule has 0 bridgehead atoms. The number of oxime groups is 1. The van der Waals surface area contributed by atoms with Crippen molar-refractivity contribution < 1.29 is 4.84 Å². The van der Waals surface area contributed by atoms with Crippen molar-refractivity contribution in [2.75, 3.05) is 5.88 Å². The zero-order valence-corrected chi connectivity index (χ0v) is 12.4. The molecule has 1 heterocycles. The van der Waals surface area contributed by atoms with Crippen LogP contribution < -0.4 is 0 Å². The van der Waals surface area contributed by atoms with Crippen LogP contribution in [-0.4, -0.2) is 16.5 Å². The molecule has 0 amide bonds. The minimum atomic E-state index is -0.311. The van der Waals surface area contributed by atoms with E-state index in [9.17, 15) is 0 Å². The van der Waals surface area contributed by atoms with Crippen molar-refractivity contribution >= 4 is 28.4 Å². The van der Waals surface area contributed by atoms with E-state index in [2.05, 4.69) is 36.3 Å². The molecule has 2 rings (SSSR count). The first-order chi connectivity index (χ1) is 8.67. The monoisotopic (exact) mass is 283 g/mol. The first-order valence-electron chi connectivity index (χ1n) is 6.17. The van der Waals surface area contributed by atoms with Crippen molar-refractivity contribution in [2.45, 2.75) is 38.0 Å². The summed E-state index contributed by atoms with van der Waals surface area (Å²) in [6.07, 6.45) is 1.88. The Kier molecular flexibility index (Phi) is 4.57. The standard InChI is InChI=1S/C14H18ClNOS/c1-3-11-6-4-5-7-12(11)9-18-13-8-14(2,10-15)17-16-13/h4-7H,3,8-10H2,1-2H3. The Morgan fingerprint density at radius 3 is 2.72 bits per heavy atom. The van der Waals surface area contributed by atoms with Crippen LogP contribution in [0.2, 0.25) is 0 Å². The van der Waals surface area contributed by atoms with Crippen LogP contribution >= 0.6 is 23.4 Å². The number of alkyl halides is 1. The molecule has 18 heavy (non-hydrogen) atoms. The van der Waals surface area contributed by atoms with Crippen LogP contribution in [0.3, 0.4) is 0 Å². The number of thioether (sulfide) groups is 1. The van der Waals surface area contributed by atoms with E-state index < -0.39 is 0 Å². The normalized spacial score (nSPS) is 22.7. The molecule has 1 aromatic carbocycles. The molecule has 0 fully saturated rings. The van der Waals surface area contributed by atoms with E-state index >= 15 is 0 Å². The molecule has 0 spiro atoms. The van der Waals surface area contributed by atoms with Crippen LogP contribution in [0.4, 0.5) is 0 Å². The third kappa shape index (κ3) is 3.21. The predicted molar refractivity (Wildman–Crippen MR) is 79.4 cm³/mol. The minimum Gasteiger partial charge on any atom is -0.387 e. The summed E-state index contributed by atoms with van der Waals surface area (Å²) in [4.78, 5) is 5.38. The van der Waals surface area contributed by atoms with Gasteiger partial charge in [0.05, 0.1) is 5.88 Å². The summed E-state index contributed by atoms with van der Waals surface area (Å²) in [7, 11) is 0. The van der Waals surface area contributed by atoms with Crippen molar-refractivity contribution in [3.8, 4) is 0 Å². The Bertz CT molecular complexity index is 449. The molecule has 4 heteroatoms. The summed E-state index contributed by atoms with van der Waals surface area (Å²) in [6, 6.07) is 8.55. The number of benzene rings is 1. The Morgan fingerprint density at radius 1 is 1.39 bits per heavy atom. The lowest BCUT2D eigenvalue weighted by molar-refractivity contribution is 0.0152. The lowest BCUT2D eigenvalue weighted by Crippen LogP contribution is -2.26. The lowest BCUT2D eigenvalue weighted by Gasteiger charge is -2.16. The number of hydrogen-bond acceptors (Lipinski definition) is 3. The highest BCUT2D eigenvalue weighted by Gasteiger charge is 2.33. The van der Waals surface area contributed by atoms with E-state index in [4.69, 9.17) is 16.4 Å². The van der Waals surface area contributed by atoms with Gasteiger partial charge in [-0.2, -0.15) is 0 Å². The molecule has 0 saturated heterocycles. The maximum atomic E-state index is 5.87. The van der Waals surface area contributed by atoms with Crippen LogP contribution in [0.25, 0.3) is 0 Å². The number of hydrogen-bond donors (Lipinski definition) is 0. The molecule has 1 aliphatic rings. The maximum Gasteiger partial charge on any atom is 0.154 e. The number of nitrogens with zero attached hydrogens (tertiary/aromatic N) is 1. The van der Waals surface area contributed by atoms with E-state index in [0.29, 0.717) is 5.88 Å². The van der Waals surface area contributed by atoms with Gasteiger partial charge in [-0.3, -0.25) is 0 Å². The summed E-state index contributed by atoms with van der Waals surface area (Å²) in [5.41, 5.74) is 2.48. The molecule has 2 nitrogen and oxygen atoms in total. The predicted octanol–water partition coefficient (Wildman–Crippen LogP) is 4.21. The Hall–Kier alpha value is -0.670. The molecular weight excluding hydrogens is 266 g/mol. The van der Waals surface area contributed by atoms with Gasteiger partial charge in [-0.15, -0.1) is 23.4 Å². The molecule has 0 saturated carbocycles. The molecule has 0 radical (unpaired) electrons. The fourth-order valence-corrected chi connectivity index (χ4v) is 3.14. The van der Waals surface area contributed by atoms with Gasteiger partial charge >= 0.3 is 0 Å². The fraction of sp³-hybridized carbons (Fsp3) is 0.500. The second-order valence-electron chi connectivity index (χ2n) is 4.75. The van der Waals surface area contributed by atoms with Crippen LogP contribution in [-0.2, 0) is 17.0 Å². The second-order valence-corrected chi connectivity index (χ2v) is 6.06. The van der Waals surface area contributed by atoms with Gasteiger partial charge in [0.1, 0.15) is 5.04 Å². The van der Waals surface area contributed by atoms with Gasteiger partial charge in [-0.25, -0.2) is 0 Å². The van der Waals surface area contributed by atoms with E-state index in [-0.39, 0.29) is 5.60 Å². The quantitative estimate of drug-likeness (QED) is 0.772. The summed E-state index contributed by atoms with van der Waals surface area (Å²) in [5, 5.41) is 5.17. The van der Waals surface area contributed by atoms with Gasteiger partial charge in [-0.1, -0.05) is 36.3 Å². The van der Waals surface area contributed by atoms with E-state index in [0.717, 1.165) is 23.6 Å². The van der Waals surface area contributed by atoms with Crippen molar-refractivity contribution in [3.63, 3.8) is 0 Å². The number of rotatable bonds is 4. The molecule has 1 aliphatic heterocycles. The SMILES string of the molecule is CCc1ccccc1CSC1=NOC(C)(CCl)C1. The minimum absolute atomic E-state index is 0.311. The first-order valence-corrected chi connectivity index (χ1v) is 7.69. The van der Waals surface area contributed by atoms with Crippen molar-refractivity contribution in [1.82, 2.24) is 0 Å². The van der Waals surface area contributed by atoms with Crippen LogP contribution in [0, 0.1) is 0 Å². The van der Waals surface area contributed by atoms with E-state index in [1.807, 2.05) is 6.92 Å². The molecular formula is C14H18ClNOS. The van der Waals surface area contributed by atoms with E-state index in [1.54, 1.807) is 11.8 Å².